The van der Waals surface area contributed by atoms with Crippen molar-refractivity contribution in [1.29, 1.82) is 5.26 Å². The van der Waals surface area contributed by atoms with Crippen molar-refractivity contribution >= 4 is 17.5 Å². The molecule has 0 saturated carbocycles. The molecule has 2 bridgehead atoms. The maximum absolute atomic E-state index is 12.3. The van der Waals surface area contributed by atoms with Gasteiger partial charge in [-0.3, -0.25) is 0 Å². The first-order valence-corrected chi connectivity index (χ1v) is 10.9. The van der Waals surface area contributed by atoms with Crippen molar-refractivity contribution < 1.29 is 29.2 Å². The van der Waals surface area contributed by atoms with E-state index in [1.807, 2.05) is 6.07 Å². The van der Waals surface area contributed by atoms with Crippen molar-refractivity contribution in [3.05, 3.63) is 24.2 Å². The van der Waals surface area contributed by atoms with Crippen molar-refractivity contribution in [2.75, 3.05) is 19.4 Å². The monoisotopic (exact) mass is 458 g/mol. The summed E-state index contributed by atoms with van der Waals surface area (Å²) in [6, 6.07) is 5.86. The molecule has 12 heteroatoms. The number of hydrogen-bond donors (Lipinski definition) is 3. The van der Waals surface area contributed by atoms with E-state index < -0.39 is 30.1 Å². The van der Waals surface area contributed by atoms with Gasteiger partial charge in [-0.2, -0.15) is 10.4 Å². The van der Waals surface area contributed by atoms with Gasteiger partial charge in [-0.05, 0) is 32.0 Å². The molecule has 0 unspecified atom stereocenters. The largest absolute Gasteiger partial charge is 0.508 e. The highest BCUT2D eigenvalue weighted by Gasteiger charge is 2.58. The zero-order chi connectivity index (χ0) is 23.3. The van der Waals surface area contributed by atoms with E-state index in [9.17, 15) is 20.3 Å². The lowest BCUT2D eigenvalue weighted by molar-refractivity contribution is -0.0780. The second kappa shape index (κ2) is 8.11. The highest BCUT2D eigenvalue weighted by atomic mass is 16.7. The van der Waals surface area contributed by atoms with Crippen LogP contribution in [0, 0.1) is 11.3 Å². The Kier molecular flexibility index (Phi) is 5.37. The molecule has 12 nitrogen and oxygen atoms in total. The number of hydrogen-bond acceptors (Lipinski definition) is 11. The number of aromatic nitrogens is 3. The van der Waals surface area contributed by atoms with Gasteiger partial charge < -0.3 is 35.1 Å². The molecule has 0 radical (unpaired) electrons. The van der Waals surface area contributed by atoms with Crippen LogP contribution in [0.4, 0.5) is 10.6 Å². The number of piperidine rings is 1. The zero-order valence-electron chi connectivity index (χ0n) is 18.1. The third kappa shape index (κ3) is 3.48. The summed E-state index contributed by atoms with van der Waals surface area (Å²) >= 11 is 0. The molecule has 4 N–H and O–H groups in total. The van der Waals surface area contributed by atoms with E-state index in [1.165, 1.54) is 16.9 Å². The van der Waals surface area contributed by atoms with Crippen molar-refractivity contribution in [2.45, 2.75) is 67.8 Å². The van der Waals surface area contributed by atoms with Crippen LogP contribution < -0.4 is 5.73 Å². The molecule has 5 heterocycles. The molecule has 33 heavy (non-hydrogen) atoms. The summed E-state index contributed by atoms with van der Waals surface area (Å²) in [7, 11) is 2.09. The highest BCUT2D eigenvalue weighted by molar-refractivity contribution is 5.66. The summed E-state index contributed by atoms with van der Waals surface area (Å²) in [5.41, 5.74) is 4.49. The van der Waals surface area contributed by atoms with Crippen LogP contribution in [0.5, 0.6) is 0 Å². The summed E-state index contributed by atoms with van der Waals surface area (Å²) in [6.07, 6.45) is -0.424. The van der Waals surface area contributed by atoms with E-state index in [0.29, 0.717) is 17.6 Å². The van der Waals surface area contributed by atoms with E-state index in [0.717, 1.165) is 25.7 Å². The van der Waals surface area contributed by atoms with Crippen LogP contribution in [-0.4, -0.2) is 86.0 Å². The predicted octanol–water partition coefficient (Wildman–Crippen LogP) is -0.0706. The minimum absolute atomic E-state index is 0.174. The standard InChI is InChI=1S/C21H26N6O6/c1-26-11-2-3-12(26)7-13(6-11)32-20(30)31-8-15-17(28)18(29)21(9-22,33-15)16-5-4-14-19(23)24-10-25-27(14)16/h4-5,10-13,15,17-18,28-29H,2-3,6-8H2,1H3,(H2,23,24,25)/t11-,12+,13+,15-,17-,18-,21+/m1/s1. The van der Waals surface area contributed by atoms with Gasteiger partial charge in [0.05, 0.1) is 5.69 Å². The van der Waals surface area contributed by atoms with Crippen LogP contribution in [0.25, 0.3) is 5.52 Å². The average Bonchev–Trinajstić information content (AvgIpc) is 3.39. The average molecular weight is 458 g/mol. The third-order valence-corrected chi connectivity index (χ3v) is 7.17. The summed E-state index contributed by atoms with van der Waals surface area (Å²) in [4.78, 5) is 18.5. The van der Waals surface area contributed by atoms with Crippen LogP contribution in [0.1, 0.15) is 31.4 Å². The van der Waals surface area contributed by atoms with Gasteiger partial charge in [-0.25, -0.2) is 14.3 Å². The van der Waals surface area contributed by atoms with E-state index in [1.54, 1.807) is 6.07 Å². The minimum Gasteiger partial charge on any atom is -0.431 e. The molecular weight excluding hydrogens is 432 g/mol. The number of nitrogens with zero attached hydrogens (tertiary/aromatic N) is 5. The van der Waals surface area contributed by atoms with Gasteiger partial charge in [0.15, 0.2) is 5.82 Å². The van der Waals surface area contributed by atoms with Crippen LogP contribution in [0.3, 0.4) is 0 Å². The van der Waals surface area contributed by atoms with Gasteiger partial charge in [0.25, 0.3) is 0 Å². The third-order valence-electron chi connectivity index (χ3n) is 7.17. The SMILES string of the molecule is CN1[C@@H]2CC[C@H]1C[C@@H](OC(=O)OC[C@H]1O[C@@](C#N)(c3ccc4c(N)ncnn34)[C@H](O)[C@@H]1O)C2. The molecule has 3 fully saturated rings. The summed E-state index contributed by atoms with van der Waals surface area (Å²) < 4.78 is 17.8. The quantitative estimate of drug-likeness (QED) is 0.524. The molecule has 3 aliphatic rings. The second-order valence-electron chi connectivity index (χ2n) is 8.92. The van der Waals surface area contributed by atoms with Gasteiger partial charge in [0.2, 0.25) is 5.60 Å². The molecule has 3 saturated heterocycles. The first-order chi connectivity index (χ1) is 15.8. The van der Waals surface area contributed by atoms with Gasteiger partial charge in [-0.1, -0.05) is 0 Å². The van der Waals surface area contributed by atoms with Crippen LogP contribution in [-0.2, 0) is 19.8 Å². The smallest absolute Gasteiger partial charge is 0.431 e. The van der Waals surface area contributed by atoms with Crippen LogP contribution >= 0.6 is 0 Å². The highest BCUT2D eigenvalue weighted by Crippen LogP contribution is 2.40. The number of aliphatic hydroxyl groups excluding tert-OH is 2. The minimum atomic E-state index is -1.95. The molecular formula is C21H26N6O6. The second-order valence-corrected chi connectivity index (χ2v) is 8.92. The molecule has 0 aliphatic carbocycles. The number of nitrogens with two attached hydrogens (primary N) is 1. The zero-order valence-corrected chi connectivity index (χ0v) is 18.1. The van der Waals surface area contributed by atoms with E-state index in [-0.39, 0.29) is 24.2 Å². The fraction of sp³-hybridized carbons (Fsp3) is 0.619. The van der Waals surface area contributed by atoms with E-state index in [4.69, 9.17) is 19.9 Å². The molecule has 7 atom stereocenters. The predicted molar refractivity (Wildman–Crippen MR) is 112 cm³/mol. The normalized spacial score (nSPS) is 36.1. The van der Waals surface area contributed by atoms with Gasteiger partial charge in [0.1, 0.15) is 48.9 Å². The lowest BCUT2D eigenvalue weighted by Crippen LogP contribution is -2.43. The lowest BCUT2D eigenvalue weighted by Gasteiger charge is -2.35. The molecule has 2 aromatic heterocycles. The lowest BCUT2D eigenvalue weighted by atomic mass is 9.92. The Hall–Kier alpha value is -2.98. The fourth-order valence-electron chi connectivity index (χ4n) is 5.33. The number of ether oxygens (including phenoxy) is 3. The molecule has 5 rings (SSSR count). The van der Waals surface area contributed by atoms with E-state index >= 15 is 0 Å². The van der Waals surface area contributed by atoms with Crippen LogP contribution in [0.2, 0.25) is 0 Å². The van der Waals surface area contributed by atoms with Gasteiger partial charge in [-0.15, -0.1) is 0 Å². The van der Waals surface area contributed by atoms with Crippen molar-refractivity contribution in [1.82, 2.24) is 19.5 Å². The maximum atomic E-state index is 12.3. The number of aliphatic hydroxyl groups is 2. The Morgan fingerprint density at radius 1 is 1.36 bits per heavy atom. The molecule has 0 aromatic carbocycles. The summed E-state index contributed by atoms with van der Waals surface area (Å²) in [6.45, 7) is -0.388. The summed E-state index contributed by atoms with van der Waals surface area (Å²) in [5, 5.41) is 35.3. The van der Waals surface area contributed by atoms with E-state index in [2.05, 4.69) is 22.0 Å². The molecule has 0 spiro atoms. The first kappa shape index (κ1) is 21.8. The van der Waals surface area contributed by atoms with Gasteiger partial charge >= 0.3 is 6.16 Å². The number of rotatable bonds is 4. The van der Waals surface area contributed by atoms with Gasteiger partial charge in [0, 0.05) is 24.9 Å². The maximum Gasteiger partial charge on any atom is 0.508 e. The van der Waals surface area contributed by atoms with Crippen molar-refractivity contribution in [3.8, 4) is 6.07 Å². The Morgan fingerprint density at radius 2 is 2.09 bits per heavy atom. The Labute approximate surface area is 189 Å². The van der Waals surface area contributed by atoms with Crippen LogP contribution in [0.15, 0.2) is 18.5 Å². The topological polar surface area (TPSA) is 168 Å². The fourth-order valence-corrected chi connectivity index (χ4v) is 5.33. The van der Waals surface area contributed by atoms with Crippen molar-refractivity contribution in [3.63, 3.8) is 0 Å². The first-order valence-electron chi connectivity index (χ1n) is 10.9. The number of nitrogen functional groups attached to an aromatic ring is 1. The number of carbonyl (C=O) groups excluding carboxylic acids is 1. The molecule has 3 aliphatic heterocycles. The Balaban J connectivity index is 1.26. The Morgan fingerprint density at radius 3 is 2.79 bits per heavy atom. The number of nitriles is 1. The molecule has 0 amide bonds. The number of anilines is 1. The Bertz CT molecular complexity index is 1090. The number of fused-ring (bicyclic) bond motifs is 3. The number of carbonyl (C=O) groups is 1. The summed E-state index contributed by atoms with van der Waals surface area (Å²) in [5.74, 6) is 0.183. The molecule has 2 aromatic rings. The molecule has 176 valence electrons. The van der Waals surface area contributed by atoms with Crippen molar-refractivity contribution in [2.24, 2.45) is 0 Å².